The van der Waals surface area contributed by atoms with Gasteiger partial charge in [-0.2, -0.15) is 0 Å². The Morgan fingerprint density at radius 1 is 1.00 bits per heavy atom. The van der Waals surface area contributed by atoms with Crippen molar-refractivity contribution >= 4 is 23.4 Å². The van der Waals surface area contributed by atoms with Crippen molar-refractivity contribution in [1.29, 1.82) is 0 Å². The van der Waals surface area contributed by atoms with Gasteiger partial charge in [-0.3, -0.25) is 4.79 Å². The molecule has 1 heterocycles. The van der Waals surface area contributed by atoms with E-state index in [4.69, 9.17) is 4.42 Å². The number of aromatic nitrogens is 2. The fourth-order valence-electron chi connectivity index (χ4n) is 2.84. The van der Waals surface area contributed by atoms with E-state index >= 15 is 0 Å². The number of rotatable bonds is 8. The minimum absolute atomic E-state index is 0.0709. The third kappa shape index (κ3) is 5.20. The van der Waals surface area contributed by atoms with Crippen LogP contribution in [0.3, 0.4) is 0 Å². The molecule has 3 rings (SSSR count). The number of anilines is 1. The zero-order valence-electron chi connectivity index (χ0n) is 15.6. The summed E-state index contributed by atoms with van der Waals surface area (Å²) < 4.78 is 5.64. The Morgan fingerprint density at radius 3 is 2.37 bits per heavy atom. The monoisotopic (exact) mass is 381 g/mol. The molecule has 0 radical (unpaired) electrons. The van der Waals surface area contributed by atoms with Crippen LogP contribution < -0.4 is 5.32 Å². The van der Waals surface area contributed by atoms with Crippen LogP contribution in [-0.4, -0.2) is 21.9 Å². The molecule has 2 aromatic carbocycles. The average Bonchev–Trinajstić information content (AvgIpc) is 3.14. The number of amides is 1. The van der Waals surface area contributed by atoms with Crippen LogP contribution in [0.5, 0.6) is 0 Å². The van der Waals surface area contributed by atoms with E-state index in [1.807, 2.05) is 36.4 Å². The van der Waals surface area contributed by atoms with Crippen LogP contribution >= 0.6 is 11.8 Å². The van der Waals surface area contributed by atoms with E-state index in [1.54, 1.807) is 0 Å². The SMILES string of the molecule is CCc1cccc(CC)c1NC(=O)CSc1nnc(Cc2ccccc2)o1. The highest BCUT2D eigenvalue weighted by Crippen LogP contribution is 2.24. The van der Waals surface area contributed by atoms with Crippen molar-refractivity contribution in [3.8, 4) is 0 Å². The Labute approximate surface area is 163 Å². The van der Waals surface area contributed by atoms with Crippen molar-refractivity contribution < 1.29 is 9.21 Å². The number of hydrogen-bond donors (Lipinski definition) is 1. The first-order valence-electron chi connectivity index (χ1n) is 9.09. The molecule has 1 aromatic heterocycles. The fourth-order valence-corrected chi connectivity index (χ4v) is 3.42. The summed E-state index contributed by atoms with van der Waals surface area (Å²) >= 11 is 1.25. The van der Waals surface area contributed by atoms with Gasteiger partial charge in [-0.25, -0.2) is 0 Å². The molecule has 3 aromatic rings. The topological polar surface area (TPSA) is 68.0 Å². The van der Waals surface area contributed by atoms with Gasteiger partial charge < -0.3 is 9.73 Å². The third-order valence-corrected chi connectivity index (χ3v) is 5.05. The first-order valence-corrected chi connectivity index (χ1v) is 10.1. The molecule has 0 aliphatic carbocycles. The normalized spacial score (nSPS) is 10.7. The fraction of sp³-hybridized carbons (Fsp3) is 0.286. The van der Waals surface area contributed by atoms with E-state index in [1.165, 1.54) is 11.8 Å². The second-order valence-electron chi connectivity index (χ2n) is 6.12. The lowest BCUT2D eigenvalue weighted by Crippen LogP contribution is -2.16. The molecule has 1 amide bonds. The smallest absolute Gasteiger partial charge is 0.277 e. The predicted molar refractivity (Wildman–Crippen MR) is 108 cm³/mol. The molecule has 0 aliphatic rings. The Morgan fingerprint density at radius 2 is 1.70 bits per heavy atom. The van der Waals surface area contributed by atoms with Gasteiger partial charge in [-0.15, -0.1) is 10.2 Å². The summed E-state index contributed by atoms with van der Waals surface area (Å²) in [5, 5.41) is 11.5. The highest BCUT2D eigenvalue weighted by molar-refractivity contribution is 7.99. The number of nitrogens with zero attached hydrogens (tertiary/aromatic N) is 2. The third-order valence-electron chi connectivity index (χ3n) is 4.24. The van der Waals surface area contributed by atoms with Crippen molar-refractivity contribution in [2.75, 3.05) is 11.1 Å². The van der Waals surface area contributed by atoms with Crippen LogP contribution in [-0.2, 0) is 24.1 Å². The molecule has 0 fully saturated rings. The first-order chi connectivity index (χ1) is 13.2. The lowest BCUT2D eigenvalue weighted by molar-refractivity contribution is -0.113. The number of carbonyl (C=O) groups is 1. The van der Waals surface area contributed by atoms with Gasteiger partial charge in [0, 0.05) is 5.69 Å². The number of benzene rings is 2. The summed E-state index contributed by atoms with van der Waals surface area (Å²) in [6.45, 7) is 4.18. The quantitative estimate of drug-likeness (QED) is 0.581. The Balaban J connectivity index is 1.57. The molecule has 1 N–H and O–H groups in total. The largest absolute Gasteiger partial charge is 0.416 e. The van der Waals surface area contributed by atoms with Gasteiger partial charge in [-0.1, -0.05) is 74.1 Å². The van der Waals surface area contributed by atoms with Crippen molar-refractivity contribution in [3.05, 3.63) is 71.1 Å². The van der Waals surface area contributed by atoms with Gasteiger partial charge in [-0.05, 0) is 29.5 Å². The second-order valence-corrected chi connectivity index (χ2v) is 7.05. The Kier molecular flexibility index (Phi) is 6.65. The number of carbonyl (C=O) groups excluding carboxylic acids is 1. The van der Waals surface area contributed by atoms with Gasteiger partial charge in [0.05, 0.1) is 12.2 Å². The van der Waals surface area contributed by atoms with E-state index in [2.05, 4.69) is 41.5 Å². The van der Waals surface area contributed by atoms with Gasteiger partial charge in [0.25, 0.3) is 5.22 Å². The molecular formula is C21H23N3O2S. The number of thioether (sulfide) groups is 1. The maximum absolute atomic E-state index is 12.4. The molecular weight excluding hydrogens is 358 g/mol. The van der Waals surface area contributed by atoms with Crippen LogP contribution in [0, 0.1) is 0 Å². The second kappa shape index (κ2) is 9.37. The van der Waals surface area contributed by atoms with Gasteiger partial charge >= 0.3 is 0 Å². The van der Waals surface area contributed by atoms with E-state index in [0.29, 0.717) is 17.5 Å². The predicted octanol–water partition coefficient (Wildman–Crippen LogP) is 4.52. The molecule has 0 spiro atoms. The summed E-state index contributed by atoms with van der Waals surface area (Å²) in [5.74, 6) is 0.709. The van der Waals surface area contributed by atoms with Crippen molar-refractivity contribution in [2.24, 2.45) is 0 Å². The van der Waals surface area contributed by atoms with Crippen LogP contribution in [0.1, 0.15) is 36.4 Å². The van der Waals surface area contributed by atoms with Crippen molar-refractivity contribution in [3.63, 3.8) is 0 Å². The van der Waals surface area contributed by atoms with Crippen molar-refractivity contribution in [2.45, 2.75) is 38.3 Å². The molecule has 0 bridgehead atoms. The van der Waals surface area contributed by atoms with Crippen LogP contribution in [0.15, 0.2) is 58.2 Å². The van der Waals surface area contributed by atoms with Gasteiger partial charge in [0.15, 0.2) is 0 Å². The minimum atomic E-state index is -0.0709. The molecule has 0 unspecified atom stereocenters. The van der Waals surface area contributed by atoms with Crippen molar-refractivity contribution in [1.82, 2.24) is 10.2 Å². The van der Waals surface area contributed by atoms with Crippen LogP contribution in [0.4, 0.5) is 5.69 Å². The molecule has 0 atom stereocenters. The molecule has 0 saturated carbocycles. The van der Waals surface area contributed by atoms with E-state index in [0.717, 1.165) is 35.2 Å². The van der Waals surface area contributed by atoms with Crippen LogP contribution in [0.25, 0.3) is 0 Å². The summed E-state index contributed by atoms with van der Waals surface area (Å²) in [6.07, 6.45) is 2.34. The summed E-state index contributed by atoms with van der Waals surface area (Å²) in [5.41, 5.74) is 4.34. The minimum Gasteiger partial charge on any atom is -0.416 e. The van der Waals surface area contributed by atoms with Gasteiger partial charge in [0.1, 0.15) is 0 Å². The number of aryl methyl sites for hydroxylation is 2. The molecule has 6 heteroatoms. The lowest BCUT2D eigenvalue weighted by atomic mass is 10.0. The molecule has 0 saturated heterocycles. The summed E-state index contributed by atoms with van der Waals surface area (Å²) in [7, 11) is 0. The number of para-hydroxylation sites is 1. The zero-order chi connectivity index (χ0) is 19.1. The highest BCUT2D eigenvalue weighted by atomic mass is 32.2. The van der Waals surface area contributed by atoms with E-state index in [-0.39, 0.29) is 11.7 Å². The van der Waals surface area contributed by atoms with Crippen LogP contribution in [0.2, 0.25) is 0 Å². The Hall–Kier alpha value is -2.60. The summed E-state index contributed by atoms with van der Waals surface area (Å²) in [4.78, 5) is 12.4. The van der Waals surface area contributed by atoms with Gasteiger partial charge in [0.2, 0.25) is 11.8 Å². The molecule has 0 aliphatic heterocycles. The standard InChI is InChI=1S/C21H23N3O2S/c1-3-16-11-8-12-17(4-2)20(16)22-18(25)14-27-21-24-23-19(26-21)13-15-9-6-5-7-10-15/h5-12H,3-4,13-14H2,1-2H3,(H,22,25). The van der Waals surface area contributed by atoms with E-state index < -0.39 is 0 Å². The van der Waals surface area contributed by atoms with E-state index in [9.17, 15) is 4.79 Å². The first kappa shape index (κ1) is 19.2. The number of hydrogen-bond acceptors (Lipinski definition) is 5. The average molecular weight is 382 g/mol. The maximum Gasteiger partial charge on any atom is 0.277 e. The highest BCUT2D eigenvalue weighted by Gasteiger charge is 2.13. The lowest BCUT2D eigenvalue weighted by Gasteiger charge is -2.13. The Bertz CT molecular complexity index is 871. The number of nitrogens with one attached hydrogen (secondary N) is 1. The summed E-state index contributed by atoms with van der Waals surface area (Å²) in [6, 6.07) is 16.1. The zero-order valence-corrected chi connectivity index (χ0v) is 16.4. The molecule has 5 nitrogen and oxygen atoms in total. The molecule has 27 heavy (non-hydrogen) atoms. The maximum atomic E-state index is 12.4. The molecule has 140 valence electrons.